The summed E-state index contributed by atoms with van der Waals surface area (Å²) in [7, 11) is 0. The Labute approximate surface area is 312 Å². The summed E-state index contributed by atoms with van der Waals surface area (Å²) in [5.41, 5.74) is 3.43. The lowest BCUT2D eigenvalue weighted by atomic mass is 9.52. The Morgan fingerprint density at radius 3 is 2.47 bits per heavy atom. The lowest BCUT2D eigenvalue weighted by molar-refractivity contribution is -0.209. The number of hydrogen-bond acceptors (Lipinski definition) is 9. The molecule has 0 radical (unpaired) electrons. The fourth-order valence-corrected chi connectivity index (χ4v) is 9.88. The molecule has 2 heterocycles. The van der Waals surface area contributed by atoms with Crippen molar-refractivity contribution in [3.05, 3.63) is 52.6 Å². The van der Waals surface area contributed by atoms with Gasteiger partial charge < -0.3 is 39.8 Å². The smallest absolute Gasteiger partial charge is 0.338 e. The number of amides is 2. The van der Waals surface area contributed by atoms with Crippen LogP contribution in [0.2, 0.25) is 0 Å². The summed E-state index contributed by atoms with van der Waals surface area (Å²) >= 11 is 0. The molecule has 6 fully saturated rings. The van der Waals surface area contributed by atoms with Crippen molar-refractivity contribution >= 4 is 23.9 Å². The maximum Gasteiger partial charge on any atom is 0.338 e. The van der Waals surface area contributed by atoms with Gasteiger partial charge in [-0.2, -0.15) is 0 Å². The highest BCUT2D eigenvalue weighted by Gasteiger charge is 2.64. The monoisotopic (exact) mass is 732 g/mol. The van der Waals surface area contributed by atoms with E-state index in [0.717, 1.165) is 63.4 Å². The highest BCUT2D eigenvalue weighted by Crippen LogP contribution is 2.61. The van der Waals surface area contributed by atoms with Crippen LogP contribution in [0.3, 0.4) is 0 Å². The van der Waals surface area contributed by atoms with Crippen molar-refractivity contribution < 1.29 is 43.5 Å². The Bertz CT molecular complexity index is 1670. The third-order valence-corrected chi connectivity index (χ3v) is 13.3. The van der Waals surface area contributed by atoms with Crippen LogP contribution < -0.4 is 10.6 Å². The van der Waals surface area contributed by atoms with Gasteiger partial charge in [-0.25, -0.2) is 4.79 Å². The summed E-state index contributed by atoms with van der Waals surface area (Å²) in [4.78, 5) is 40.4. The molecule has 4 N–H and O–H groups in total. The predicted octanol–water partition coefficient (Wildman–Crippen LogP) is 4.59. The number of esters is 1. The predicted molar refractivity (Wildman–Crippen MR) is 195 cm³/mol. The van der Waals surface area contributed by atoms with Crippen LogP contribution in [0.1, 0.15) is 108 Å². The lowest BCUT2D eigenvalue weighted by Crippen LogP contribution is -2.54. The third kappa shape index (κ3) is 7.24. The van der Waals surface area contributed by atoms with Crippen LogP contribution in [-0.4, -0.2) is 89.1 Å². The van der Waals surface area contributed by atoms with Crippen LogP contribution >= 0.6 is 0 Å². The molecule has 0 aromatic heterocycles. The minimum absolute atomic E-state index is 0.00944. The molecule has 8 rings (SSSR count). The summed E-state index contributed by atoms with van der Waals surface area (Å²) in [5.74, 6) is -0.759. The highest BCUT2D eigenvalue weighted by molar-refractivity contribution is 5.97. The largest absolute Gasteiger partial charge is 0.456 e. The second-order valence-corrected chi connectivity index (χ2v) is 17.7. The molecular formula is C42H56N2O9. The first-order valence-corrected chi connectivity index (χ1v) is 19.9. The van der Waals surface area contributed by atoms with E-state index in [4.69, 9.17) is 24.1 Å². The van der Waals surface area contributed by atoms with E-state index >= 15 is 0 Å². The number of nitrogens with one attached hydrogen (secondary N) is 2. The van der Waals surface area contributed by atoms with E-state index < -0.39 is 54.0 Å². The second kappa shape index (κ2) is 13.9. The standard InChI is InChI=1S/C42H56N2O9/c1-23(46)35(38(48)43-16-17-45)44-37(47)27-20-32(36-33(21-27)51-42(53-36,28-9-10-28)29-11-12-29)50-39(49)26-7-5-6-24(19-26)18-25-8-13-34-41(4,52-34)15-14-31-30(25)22-40(31,2)3/h5-7,18-19,21,23,28-36,45-46H,8-17,20,22H2,1-4H3,(H,43,48)(H,44,47)/t23-,30+,31+,32+,33+,34?,35+,36-,41+/m0/s1. The first kappa shape index (κ1) is 36.9. The molecule has 11 nitrogen and oxygen atoms in total. The van der Waals surface area contributed by atoms with Crippen LogP contribution in [0, 0.1) is 29.1 Å². The first-order valence-electron chi connectivity index (χ1n) is 19.9. The maximum atomic E-state index is 14.0. The molecule has 53 heavy (non-hydrogen) atoms. The van der Waals surface area contributed by atoms with E-state index in [1.54, 1.807) is 12.1 Å². The molecule has 4 saturated carbocycles. The van der Waals surface area contributed by atoms with Crippen molar-refractivity contribution in [2.45, 2.75) is 140 Å². The number of carbonyl (C=O) groups is 3. The molecule has 7 aliphatic rings. The number of aliphatic hydroxyl groups is 2. The van der Waals surface area contributed by atoms with Gasteiger partial charge in [0.05, 0.1) is 30.0 Å². The molecule has 0 bridgehead atoms. The van der Waals surface area contributed by atoms with Crippen LogP contribution in [0.15, 0.2) is 41.5 Å². The zero-order chi connectivity index (χ0) is 37.3. The van der Waals surface area contributed by atoms with Gasteiger partial charge >= 0.3 is 5.97 Å². The lowest BCUT2D eigenvalue weighted by Gasteiger charge is -2.53. The highest BCUT2D eigenvalue weighted by atomic mass is 16.8. The Kier molecular flexibility index (Phi) is 9.66. The number of ether oxygens (including phenoxy) is 4. The maximum absolute atomic E-state index is 14.0. The van der Waals surface area contributed by atoms with E-state index in [1.807, 2.05) is 18.2 Å². The number of fused-ring (bicyclic) bond motifs is 3. The first-order chi connectivity index (χ1) is 25.3. The molecule has 0 spiro atoms. The molecule has 9 atom stereocenters. The number of hydrogen-bond donors (Lipinski definition) is 4. The topological polar surface area (TPSA) is 156 Å². The zero-order valence-corrected chi connectivity index (χ0v) is 31.5. The molecule has 1 aromatic carbocycles. The van der Waals surface area contributed by atoms with Gasteiger partial charge in [0, 0.05) is 30.4 Å². The van der Waals surface area contributed by atoms with E-state index in [0.29, 0.717) is 34.5 Å². The average Bonchev–Trinajstić information content (AvgIpc) is 4.03. The Morgan fingerprint density at radius 2 is 1.79 bits per heavy atom. The number of carbonyl (C=O) groups excluding carboxylic acids is 3. The van der Waals surface area contributed by atoms with Gasteiger partial charge in [-0.05, 0) is 113 Å². The minimum Gasteiger partial charge on any atom is -0.456 e. The third-order valence-electron chi connectivity index (χ3n) is 13.3. The molecule has 1 aromatic rings. The zero-order valence-electron chi connectivity index (χ0n) is 31.5. The van der Waals surface area contributed by atoms with Crippen molar-refractivity contribution in [1.82, 2.24) is 10.6 Å². The van der Waals surface area contributed by atoms with Crippen LogP contribution in [0.5, 0.6) is 0 Å². The Balaban J connectivity index is 1.02. The van der Waals surface area contributed by atoms with Crippen molar-refractivity contribution in [3.8, 4) is 0 Å². The van der Waals surface area contributed by atoms with Gasteiger partial charge in [0.25, 0.3) is 0 Å². The van der Waals surface area contributed by atoms with Crippen LogP contribution in [0.4, 0.5) is 0 Å². The van der Waals surface area contributed by atoms with Crippen molar-refractivity contribution in [2.24, 2.45) is 29.1 Å². The summed E-state index contributed by atoms with van der Waals surface area (Å²) in [5, 5.41) is 24.7. The Hall–Kier alpha value is -3.09. The molecular weight excluding hydrogens is 676 g/mol. The van der Waals surface area contributed by atoms with Crippen molar-refractivity contribution in [3.63, 3.8) is 0 Å². The minimum atomic E-state index is -1.24. The average molecular weight is 733 g/mol. The summed E-state index contributed by atoms with van der Waals surface area (Å²) in [6.45, 7) is 8.15. The van der Waals surface area contributed by atoms with E-state index in [2.05, 4.69) is 37.5 Å². The molecule has 2 saturated heterocycles. The van der Waals surface area contributed by atoms with Crippen molar-refractivity contribution in [1.29, 1.82) is 0 Å². The van der Waals surface area contributed by atoms with Gasteiger partial charge in [-0.15, -0.1) is 0 Å². The summed E-state index contributed by atoms with van der Waals surface area (Å²) in [6, 6.07) is 6.34. The molecule has 2 amide bonds. The quantitative estimate of drug-likeness (QED) is 0.189. The summed E-state index contributed by atoms with van der Waals surface area (Å²) in [6.07, 6.45) is 10.6. The van der Waals surface area contributed by atoms with E-state index in [9.17, 15) is 19.5 Å². The fraction of sp³-hybridized carbons (Fsp3) is 0.690. The number of aliphatic hydroxyl groups excluding tert-OH is 2. The molecule has 288 valence electrons. The second-order valence-electron chi connectivity index (χ2n) is 17.7. The number of allylic oxidation sites excluding steroid dienone is 1. The Morgan fingerprint density at radius 1 is 1.04 bits per heavy atom. The van der Waals surface area contributed by atoms with Gasteiger partial charge in [0.1, 0.15) is 24.4 Å². The molecule has 2 aliphatic heterocycles. The van der Waals surface area contributed by atoms with E-state index in [-0.39, 0.29) is 37.0 Å². The number of rotatable bonds is 11. The normalized spacial score (nSPS) is 35.7. The summed E-state index contributed by atoms with van der Waals surface area (Å²) < 4.78 is 25.9. The SMILES string of the molecule is C[C@H](O)[C@@H](NC(=O)C1=C[C@H]2OC(C3CC3)(C3CC3)O[C@H]2[C@H](OC(=O)c2cccc(C=C3CCC4O[C@]4(C)CC[C@@H]4[C@@H]3CC4(C)C)c2)C1)C(=O)NCCO. The number of benzene rings is 1. The van der Waals surface area contributed by atoms with Gasteiger partial charge in [0.15, 0.2) is 5.79 Å². The molecule has 1 unspecified atom stereocenters. The molecule has 11 heteroatoms. The van der Waals surface area contributed by atoms with Gasteiger partial charge in [-0.3, -0.25) is 9.59 Å². The molecule has 5 aliphatic carbocycles. The van der Waals surface area contributed by atoms with Gasteiger partial charge in [-0.1, -0.05) is 37.6 Å². The van der Waals surface area contributed by atoms with Gasteiger partial charge in [0.2, 0.25) is 11.8 Å². The van der Waals surface area contributed by atoms with Crippen LogP contribution in [-0.2, 0) is 28.5 Å². The number of epoxide rings is 1. The van der Waals surface area contributed by atoms with Crippen molar-refractivity contribution in [2.75, 3.05) is 13.2 Å². The fourth-order valence-electron chi connectivity index (χ4n) is 9.88. The van der Waals surface area contributed by atoms with Crippen LogP contribution in [0.25, 0.3) is 6.08 Å². The van der Waals surface area contributed by atoms with E-state index in [1.165, 1.54) is 12.5 Å².